The van der Waals surface area contributed by atoms with Crippen LogP contribution in [0.4, 0.5) is 10.5 Å². The standard InChI is InChI=1S/C10H11ClN2O3S/c1-6(2)13-10(14)12-8-4-3-7(11)5-9(8)17(13,15)16/h3-6H,1-2H3,(H,12,14). The average Bonchev–Trinajstić information content (AvgIpc) is 2.18. The van der Waals surface area contributed by atoms with Gasteiger partial charge in [0.15, 0.2) is 0 Å². The van der Waals surface area contributed by atoms with Gasteiger partial charge in [0.25, 0.3) is 10.0 Å². The number of hydrogen-bond donors (Lipinski definition) is 1. The van der Waals surface area contributed by atoms with Crippen LogP contribution in [0.25, 0.3) is 0 Å². The summed E-state index contributed by atoms with van der Waals surface area (Å²) in [5, 5.41) is 2.84. The number of benzene rings is 1. The SMILES string of the molecule is CC(C)N1C(=O)Nc2ccc(Cl)cc2S1(=O)=O. The minimum Gasteiger partial charge on any atom is -0.306 e. The average molecular weight is 275 g/mol. The van der Waals surface area contributed by atoms with E-state index in [0.29, 0.717) is 5.02 Å². The molecule has 1 N–H and O–H groups in total. The first-order chi connectivity index (χ1) is 7.84. The van der Waals surface area contributed by atoms with E-state index in [-0.39, 0.29) is 10.6 Å². The lowest BCUT2D eigenvalue weighted by atomic mass is 10.3. The van der Waals surface area contributed by atoms with E-state index >= 15 is 0 Å². The van der Waals surface area contributed by atoms with E-state index in [9.17, 15) is 13.2 Å². The molecule has 0 unspecified atom stereocenters. The molecule has 0 saturated carbocycles. The molecule has 2 rings (SSSR count). The predicted molar refractivity (Wildman–Crippen MR) is 64.6 cm³/mol. The Kier molecular flexibility index (Phi) is 2.79. The van der Waals surface area contributed by atoms with Crippen LogP contribution in [-0.2, 0) is 10.0 Å². The molecular weight excluding hydrogens is 264 g/mol. The van der Waals surface area contributed by atoms with Crippen LogP contribution in [0.5, 0.6) is 0 Å². The molecule has 1 aliphatic rings. The molecule has 0 aromatic heterocycles. The van der Waals surface area contributed by atoms with Crippen molar-refractivity contribution >= 4 is 33.3 Å². The second-order valence-electron chi connectivity index (χ2n) is 3.97. The topological polar surface area (TPSA) is 66.5 Å². The minimum atomic E-state index is -3.82. The maximum Gasteiger partial charge on any atom is 0.336 e. The summed E-state index contributed by atoms with van der Waals surface area (Å²) in [7, 11) is -3.82. The van der Waals surface area contributed by atoms with Crippen LogP contribution in [-0.4, -0.2) is 24.8 Å². The molecule has 2 amide bonds. The minimum absolute atomic E-state index is 0.0262. The second kappa shape index (κ2) is 3.89. The van der Waals surface area contributed by atoms with Crippen molar-refractivity contribution in [2.45, 2.75) is 24.8 Å². The van der Waals surface area contributed by atoms with Gasteiger partial charge in [0.2, 0.25) is 0 Å². The molecule has 0 aliphatic carbocycles. The summed E-state index contributed by atoms with van der Waals surface area (Å²) in [5.41, 5.74) is 0.260. The summed E-state index contributed by atoms with van der Waals surface area (Å²) in [6, 6.07) is 3.24. The number of carbonyl (C=O) groups is 1. The number of amides is 2. The molecule has 0 atom stereocenters. The van der Waals surface area contributed by atoms with E-state index in [2.05, 4.69) is 5.32 Å². The van der Waals surface area contributed by atoms with Gasteiger partial charge in [-0.2, -0.15) is 0 Å². The molecule has 0 spiro atoms. The largest absolute Gasteiger partial charge is 0.336 e. The third-order valence-corrected chi connectivity index (χ3v) is 4.63. The number of sulfonamides is 1. The van der Waals surface area contributed by atoms with Crippen LogP contribution < -0.4 is 5.32 Å². The Morgan fingerprint density at radius 1 is 1.35 bits per heavy atom. The fourth-order valence-electron chi connectivity index (χ4n) is 1.71. The van der Waals surface area contributed by atoms with Crippen molar-refractivity contribution in [1.82, 2.24) is 4.31 Å². The third kappa shape index (κ3) is 1.87. The number of anilines is 1. The summed E-state index contributed by atoms with van der Waals surface area (Å²) < 4.78 is 25.2. The highest BCUT2D eigenvalue weighted by Crippen LogP contribution is 2.33. The lowest BCUT2D eigenvalue weighted by Gasteiger charge is -2.31. The number of hydrogen-bond acceptors (Lipinski definition) is 3. The van der Waals surface area contributed by atoms with Crippen molar-refractivity contribution in [3.8, 4) is 0 Å². The molecule has 1 aromatic carbocycles. The van der Waals surface area contributed by atoms with Crippen LogP contribution in [0.3, 0.4) is 0 Å². The van der Waals surface area contributed by atoms with E-state index in [1.165, 1.54) is 18.2 Å². The molecule has 5 nitrogen and oxygen atoms in total. The number of fused-ring (bicyclic) bond motifs is 1. The van der Waals surface area contributed by atoms with Gasteiger partial charge in [0.05, 0.1) is 5.69 Å². The van der Waals surface area contributed by atoms with Crippen molar-refractivity contribution in [1.29, 1.82) is 0 Å². The lowest BCUT2D eigenvalue weighted by Crippen LogP contribution is -2.47. The summed E-state index contributed by atoms with van der Waals surface area (Å²) >= 11 is 5.77. The predicted octanol–water partition coefficient (Wildman–Crippen LogP) is 2.28. The van der Waals surface area contributed by atoms with Crippen molar-refractivity contribution in [3.63, 3.8) is 0 Å². The van der Waals surface area contributed by atoms with Crippen molar-refractivity contribution in [3.05, 3.63) is 23.2 Å². The fraction of sp³-hybridized carbons (Fsp3) is 0.300. The van der Waals surface area contributed by atoms with E-state index < -0.39 is 22.1 Å². The van der Waals surface area contributed by atoms with Gasteiger partial charge in [-0.15, -0.1) is 0 Å². The van der Waals surface area contributed by atoms with Crippen LogP contribution in [0, 0.1) is 0 Å². The van der Waals surface area contributed by atoms with Crippen molar-refractivity contribution in [2.75, 3.05) is 5.32 Å². The van der Waals surface area contributed by atoms with Gasteiger partial charge in [0, 0.05) is 11.1 Å². The molecule has 1 heterocycles. The van der Waals surface area contributed by atoms with Crippen LogP contribution in [0.15, 0.2) is 23.1 Å². The molecule has 0 radical (unpaired) electrons. The van der Waals surface area contributed by atoms with Gasteiger partial charge < -0.3 is 5.32 Å². The highest BCUT2D eigenvalue weighted by molar-refractivity contribution is 7.90. The van der Waals surface area contributed by atoms with E-state index in [4.69, 9.17) is 11.6 Å². The fourth-order valence-corrected chi connectivity index (χ4v) is 3.65. The summed E-state index contributed by atoms with van der Waals surface area (Å²) in [5.74, 6) is 0. The Labute approximate surface area is 104 Å². The molecule has 17 heavy (non-hydrogen) atoms. The molecular formula is C10H11ClN2O3S. The van der Waals surface area contributed by atoms with E-state index in [0.717, 1.165) is 4.31 Å². The maximum absolute atomic E-state index is 12.2. The zero-order valence-corrected chi connectivity index (χ0v) is 10.8. The maximum atomic E-state index is 12.2. The van der Waals surface area contributed by atoms with Gasteiger partial charge in [0.1, 0.15) is 4.90 Å². The monoisotopic (exact) mass is 274 g/mol. The Hall–Kier alpha value is -1.27. The van der Waals surface area contributed by atoms with E-state index in [1.807, 2.05) is 0 Å². The number of halogens is 1. The molecule has 92 valence electrons. The molecule has 7 heteroatoms. The zero-order valence-electron chi connectivity index (χ0n) is 9.27. The highest BCUT2D eigenvalue weighted by Gasteiger charge is 2.38. The first-order valence-corrected chi connectivity index (χ1v) is 6.81. The summed E-state index contributed by atoms with van der Waals surface area (Å²) in [6.45, 7) is 3.26. The highest BCUT2D eigenvalue weighted by atomic mass is 35.5. The van der Waals surface area contributed by atoms with Gasteiger partial charge in [-0.3, -0.25) is 0 Å². The number of carbonyl (C=O) groups excluding carboxylic acids is 1. The molecule has 0 fully saturated rings. The Balaban J connectivity index is 2.68. The number of urea groups is 1. The smallest absolute Gasteiger partial charge is 0.306 e. The lowest BCUT2D eigenvalue weighted by molar-refractivity contribution is 0.228. The number of nitrogens with zero attached hydrogens (tertiary/aromatic N) is 1. The number of rotatable bonds is 1. The Morgan fingerprint density at radius 3 is 2.59 bits per heavy atom. The molecule has 1 aromatic rings. The first kappa shape index (κ1) is 12.2. The summed E-state index contributed by atoms with van der Waals surface area (Å²) in [6.07, 6.45) is 0. The Morgan fingerprint density at radius 2 is 2.00 bits per heavy atom. The molecule has 0 bridgehead atoms. The van der Waals surface area contributed by atoms with Gasteiger partial charge >= 0.3 is 6.03 Å². The Bertz CT molecular complexity index is 583. The third-order valence-electron chi connectivity index (χ3n) is 2.39. The second-order valence-corrected chi connectivity index (χ2v) is 6.19. The van der Waals surface area contributed by atoms with Crippen LogP contribution in [0.2, 0.25) is 5.02 Å². The molecule has 0 saturated heterocycles. The van der Waals surface area contributed by atoms with Gasteiger partial charge in [-0.1, -0.05) is 11.6 Å². The van der Waals surface area contributed by atoms with E-state index in [1.54, 1.807) is 13.8 Å². The van der Waals surface area contributed by atoms with Gasteiger partial charge in [-0.25, -0.2) is 17.5 Å². The number of nitrogens with one attached hydrogen (secondary N) is 1. The quantitative estimate of drug-likeness (QED) is 0.854. The summed E-state index contributed by atoms with van der Waals surface area (Å²) in [4.78, 5) is 11.7. The zero-order chi connectivity index (χ0) is 12.8. The van der Waals surface area contributed by atoms with Gasteiger partial charge in [-0.05, 0) is 32.0 Å². The van der Waals surface area contributed by atoms with Crippen LogP contribution in [0.1, 0.15) is 13.8 Å². The normalized spacial score (nSPS) is 17.9. The molecule has 1 aliphatic heterocycles. The van der Waals surface area contributed by atoms with Crippen LogP contribution >= 0.6 is 11.6 Å². The van der Waals surface area contributed by atoms with Crippen molar-refractivity contribution in [2.24, 2.45) is 0 Å². The first-order valence-electron chi connectivity index (χ1n) is 4.99. The van der Waals surface area contributed by atoms with Crippen molar-refractivity contribution < 1.29 is 13.2 Å².